The van der Waals surface area contributed by atoms with Gasteiger partial charge < -0.3 is 10.1 Å². The SMILES string of the molecule is CCC(Nc1cnn(Cc2ccccc2)c1)C(=O)OC. The monoisotopic (exact) mass is 273 g/mol. The van der Waals surface area contributed by atoms with Gasteiger partial charge in [0.25, 0.3) is 0 Å². The van der Waals surface area contributed by atoms with E-state index in [1.54, 1.807) is 6.20 Å². The molecule has 2 rings (SSSR count). The summed E-state index contributed by atoms with van der Waals surface area (Å²) >= 11 is 0. The first-order valence-electron chi connectivity index (χ1n) is 6.63. The third-order valence-electron chi connectivity index (χ3n) is 3.06. The zero-order valence-electron chi connectivity index (χ0n) is 11.7. The van der Waals surface area contributed by atoms with E-state index in [-0.39, 0.29) is 12.0 Å². The first-order valence-corrected chi connectivity index (χ1v) is 6.63. The number of nitrogens with one attached hydrogen (secondary N) is 1. The largest absolute Gasteiger partial charge is 0.467 e. The minimum atomic E-state index is -0.339. The number of methoxy groups -OCH3 is 1. The lowest BCUT2D eigenvalue weighted by molar-refractivity contribution is -0.141. The van der Waals surface area contributed by atoms with Gasteiger partial charge in [0.2, 0.25) is 0 Å². The first kappa shape index (κ1) is 14.1. The molecule has 1 atom stereocenters. The number of benzene rings is 1. The number of aromatic nitrogens is 2. The predicted octanol–water partition coefficient (Wildman–Crippen LogP) is 2.29. The second kappa shape index (κ2) is 6.75. The third kappa shape index (κ3) is 3.60. The average molecular weight is 273 g/mol. The number of esters is 1. The van der Waals surface area contributed by atoms with Gasteiger partial charge in [-0.2, -0.15) is 5.10 Å². The van der Waals surface area contributed by atoms with Crippen molar-refractivity contribution in [1.82, 2.24) is 9.78 Å². The van der Waals surface area contributed by atoms with Gasteiger partial charge in [0.15, 0.2) is 0 Å². The lowest BCUT2D eigenvalue weighted by Crippen LogP contribution is -2.29. The maximum atomic E-state index is 11.5. The van der Waals surface area contributed by atoms with E-state index in [4.69, 9.17) is 4.74 Å². The van der Waals surface area contributed by atoms with Crippen LogP contribution in [-0.4, -0.2) is 28.9 Å². The van der Waals surface area contributed by atoms with Crippen LogP contribution < -0.4 is 5.32 Å². The number of hydrogen-bond donors (Lipinski definition) is 1. The quantitative estimate of drug-likeness (QED) is 0.820. The molecule has 0 aliphatic carbocycles. The predicted molar refractivity (Wildman–Crippen MR) is 77.5 cm³/mol. The van der Waals surface area contributed by atoms with Crippen molar-refractivity contribution in [1.29, 1.82) is 0 Å². The fourth-order valence-electron chi connectivity index (χ4n) is 1.97. The Kier molecular flexibility index (Phi) is 4.76. The lowest BCUT2D eigenvalue weighted by atomic mass is 10.2. The molecule has 0 aliphatic rings. The second-order valence-corrected chi connectivity index (χ2v) is 4.54. The van der Waals surface area contributed by atoms with Crippen molar-refractivity contribution in [2.45, 2.75) is 25.9 Å². The standard InChI is InChI=1S/C15H19N3O2/c1-3-14(15(19)20-2)17-13-9-16-18(11-13)10-12-7-5-4-6-8-12/h4-9,11,14,17H,3,10H2,1-2H3. The van der Waals surface area contributed by atoms with Gasteiger partial charge in [-0.15, -0.1) is 0 Å². The van der Waals surface area contributed by atoms with Crippen LogP contribution in [-0.2, 0) is 16.1 Å². The molecule has 106 valence electrons. The van der Waals surface area contributed by atoms with Crippen LogP contribution in [0.2, 0.25) is 0 Å². The van der Waals surface area contributed by atoms with Crippen LogP contribution in [0.5, 0.6) is 0 Å². The molecule has 0 fully saturated rings. The average Bonchev–Trinajstić information content (AvgIpc) is 2.92. The second-order valence-electron chi connectivity index (χ2n) is 4.54. The van der Waals surface area contributed by atoms with E-state index in [0.29, 0.717) is 13.0 Å². The summed E-state index contributed by atoms with van der Waals surface area (Å²) in [6.07, 6.45) is 4.27. The van der Waals surface area contributed by atoms with Crippen molar-refractivity contribution in [2.75, 3.05) is 12.4 Å². The van der Waals surface area contributed by atoms with Gasteiger partial charge in [-0.3, -0.25) is 4.68 Å². The summed E-state index contributed by atoms with van der Waals surface area (Å²) in [7, 11) is 1.39. The Morgan fingerprint density at radius 3 is 2.80 bits per heavy atom. The molecule has 5 nitrogen and oxygen atoms in total. The summed E-state index contributed by atoms with van der Waals surface area (Å²) in [6, 6.07) is 9.76. The Morgan fingerprint density at radius 1 is 1.40 bits per heavy atom. The topological polar surface area (TPSA) is 56.2 Å². The molecule has 20 heavy (non-hydrogen) atoms. The molecule has 0 amide bonds. The number of rotatable bonds is 6. The summed E-state index contributed by atoms with van der Waals surface area (Å²) in [6.45, 7) is 2.64. The molecule has 5 heteroatoms. The van der Waals surface area contributed by atoms with E-state index in [9.17, 15) is 4.79 Å². The molecule has 1 N–H and O–H groups in total. The summed E-state index contributed by atoms with van der Waals surface area (Å²) < 4.78 is 6.58. The minimum absolute atomic E-state index is 0.261. The van der Waals surface area contributed by atoms with Crippen LogP contribution in [0.3, 0.4) is 0 Å². The van der Waals surface area contributed by atoms with Gasteiger partial charge in [0.05, 0.1) is 25.5 Å². The van der Waals surface area contributed by atoms with Gasteiger partial charge in [-0.1, -0.05) is 37.3 Å². The highest BCUT2D eigenvalue weighted by atomic mass is 16.5. The molecule has 0 spiro atoms. The Labute approximate surface area is 118 Å². The summed E-state index contributed by atoms with van der Waals surface area (Å²) in [5, 5.41) is 7.41. The van der Waals surface area contributed by atoms with Crippen molar-refractivity contribution < 1.29 is 9.53 Å². The first-order chi connectivity index (χ1) is 9.72. The zero-order valence-corrected chi connectivity index (χ0v) is 11.7. The fraction of sp³-hybridized carbons (Fsp3) is 0.333. The highest BCUT2D eigenvalue weighted by molar-refractivity contribution is 5.78. The van der Waals surface area contributed by atoms with Crippen LogP contribution in [0.25, 0.3) is 0 Å². The van der Waals surface area contributed by atoms with Gasteiger partial charge in [0.1, 0.15) is 6.04 Å². The van der Waals surface area contributed by atoms with Gasteiger partial charge in [-0.05, 0) is 12.0 Å². The summed E-state index contributed by atoms with van der Waals surface area (Å²) in [4.78, 5) is 11.5. The maximum absolute atomic E-state index is 11.5. The Hall–Kier alpha value is -2.30. The van der Waals surface area contributed by atoms with E-state index in [0.717, 1.165) is 5.69 Å². The molecule has 1 unspecified atom stereocenters. The van der Waals surface area contributed by atoms with E-state index in [1.165, 1.54) is 12.7 Å². The van der Waals surface area contributed by atoms with E-state index >= 15 is 0 Å². The molecular formula is C15H19N3O2. The number of carbonyl (C=O) groups is 1. The molecule has 1 aromatic heterocycles. The Bertz CT molecular complexity index is 551. The fourth-order valence-corrected chi connectivity index (χ4v) is 1.97. The van der Waals surface area contributed by atoms with Gasteiger partial charge in [0, 0.05) is 6.20 Å². The molecule has 0 saturated carbocycles. The smallest absolute Gasteiger partial charge is 0.328 e. The number of ether oxygens (including phenoxy) is 1. The Morgan fingerprint density at radius 2 is 2.15 bits per heavy atom. The lowest BCUT2D eigenvalue weighted by Gasteiger charge is -2.13. The van der Waals surface area contributed by atoms with Crippen molar-refractivity contribution in [3.8, 4) is 0 Å². The Balaban J connectivity index is 2.00. The number of nitrogens with zero attached hydrogens (tertiary/aromatic N) is 2. The molecule has 1 aromatic carbocycles. The van der Waals surface area contributed by atoms with Crippen LogP contribution in [0.1, 0.15) is 18.9 Å². The highest BCUT2D eigenvalue weighted by Gasteiger charge is 2.16. The molecule has 0 aliphatic heterocycles. The normalized spacial score (nSPS) is 11.9. The molecule has 1 heterocycles. The number of hydrogen-bond acceptors (Lipinski definition) is 4. The summed E-state index contributed by atoms with van der Waals surface area (Å²) in [5.41, 5.74) is 2.00. The van der Waals surface area contributed by atoms with Crippen LogP contribution >= 0.6 is 0 Å². The van der Waals surface area contributed by atoms with Crippen LogP contribution in [0, 0.1) is 0 Å². The molecule has 0 saturated heterocycles. The number of carbonyl (C=O) groups excluding carboxylic acids is 1. The van der Waals surface area contributed by atoms with Crippen LogP contribution in [0.15, 0.2) is 42.7 Å². The minimum Gasteiger partial charge on any atom is -0.467 e. The van der Waals surface area contributed by atoms with Crippen LogP contribution in [0.4, 0.5) is 5.69 Å². The molecule has 2 aromatic rings. The van der Waals surface area contributed by atoms with E-state index < -0.39 is 0 Å². The number of anilines is 1. The molecular weight excluding hydrogens is 254 g/mol. The zero-order chi connectivity index (χ0) is 14.4. The van der Waals surface area contributed by atoms with Crippen molar-refractivity contribution in [3.05, 3.63) is 48.3 Å². The van der Waals surface area contributed by atoms with E-state index in [2.05, 4.69) is 22.5 Å². The molecule has 0 radical (unpaired) electrons. The van der Waals surface area contributed by atoms with Crippen molar-refractivity contribution >= 4 is 11.7 Å². The summed E-state index contributed by atoms with van der Waals surface area (Å²) in [5.74, 6) is -0.261. The highest BCUT2D eigenvalue weighted by Crippen LogP contribution is 2.11. The molecule has 0 bridgehead atoms. The van der Waals surface area contributed by atoms with Crippen molar-refractivity contribution in [2.24, 2.45) is 0 Å². The van der Waals surface area contributed by atoms with Crippen molar-refractivity contribution in [3.63, 3.8) is 0 Å². The van der Waals surface area contributed by atoms with Gasteiger partial charge in [-0.25, -0.2) is 4.79 Å². The van der Waals surface area contributed by atoms with E-state index in [1.807, 2.05) is 36.0 Å². The maximum Gasteiger partial charge on any atom is 0.328 e. The van der Waals surface area contributed by atoms with Gasteiger partial charge >= 0.3 is 5.97 Å². The third-order valence-corrected chi connectivity index (χ3v) is 3.06.